The smallest absolute Gasteiger partial charge is 0.435 e. The number of nitrogens with zero attached hydrogens (tertiary/aromatic N) is 1. The quantitative estimate of drug-likeness (QED) is 0.899. The lowest BCUT2D eigenvalue weighted by Crippen LogP contribution is -2.11. The van der Waals surface area contributed by atoms with Gasteiger partial charge in [-0.15, -0.1) is 11.3 Å². The molecule has 1 rings (SSSR count). The first kappa shape index (κ1) is 15.3. The van der Waals surface area contributed by atoms with Crippen LogP contribution in [0.15, 0.2) is 0 Å². The highest BCUT2D eigenvalue weighted by atomic mass is 32.2. The van der Waals surface area contributed by atoms with Crippen molar-refractivity contribution in [2.75, 3.05) is 5.75 Å². The Bertz CT molecular complexity index is 429. The maximum absolute atomic E-state index is 12.5. The van der Waals surface area contributed by atoms with Crippen LogP contribution in [0.4, 0.5) is 13.2 Å². The van der Waals surface area contributed by atoms with Gasteiger partial charge in [-0.2, -0.15) is 24.9 Å². The summed E-state index contributed by atoms with van der Waals surface area (Å²) in [5.74, 6) is -0.0568. The zero-order valence-electron chi connectivity index (χ0n) is 9.74. The highest BCUT2D eigenvalue weighted by Crippen LogP contribution is 2.35. The predicted octanol–water partition coefficient (Wildman–Crippen LogP) is 3.75. The summed E-state index contributed by atoms with van der Waals surface area (Å²) in [5, 5.41) is 8.92. The van der Waals surface area contributed by atoms with Gasteiger partial charge in [-0.25, -0.2) is 9.78 Å². The fourth-order valence-corrected chi connectivity index (χ4v) is 3.18. The summed E-state index contributed by atoms with van der Waals surface area (Å²) < 4.78 is 37.6. The van der Waals surface area contributed by atoms with Crippen LogP contribution in [0.1, 0.15) is 34.2 Å². The highest BCUT2D eigenvalue weighted by Gasteiger charge is 2.39. The summed E-state index contributed by atoms with van der Waals surface area (Å²) in [7, 11) is 0. The molecular formula is C10H12F3NO2S2. The van der Waals surface area contributed by atoms with Crippen molar-refractivity contribution in [1.29, 1.82) is 0 Å². The largest absolute Gasteiger partial charge is 0.477 e. The minimum atomic E-state index is -4.72. The molecule has 1 heterocycles. The van der Waals surface area contributed by atoms with Gasteiger partial charge in [0.2, 0.25) is 0 Å². The van der Waals surface area contributed by atoms with Crippen LogP contribution in [0.5, 0.6) is 0 Å². The maximum Gasteiger partial charge on any atom is 0.435 e. The van der Waals surface area contributed by atoms with Crippen molar-refractivity contribution in [3.8, 4) is 0 Å². The van der Waals surface area contributed by atoms with Gasteiger partial charge in [0.25, 0.3) is 0 Å². The molecule has 0 fully saturated rings. The minimum Gasteiger partial charge on any atom is -0.477 e. The first-order valence-electron chi connectivity index (χ1n) is 5.09. The summed E-state index contributed by atoms with van der Waals surface area (Å²) in [6.45, 7) is 4.00. The normalized spacial score (nSPS) is 12.1. The molecule has 0 amide bonds. The average molecular weight is 299 g/mol. The number of hydrogen-bond acceptors (Lipinski definition) is 4. The maximum atomic E-state index is 12.5. The van der Waals surface area contributed by atoms with Crippen molar-refractivity contribution in [1.82, 2.24) is 4.98 Å². The first-order chi connectivity index (χ1) is 8.21. The Kier molecular flexibility index (Phi) is 5.03. The van der Waals surface area contributed by atoms with Crippen molar-refractivity contribution >= 4 is 29.1 Å². The summed E-state index contributed by atoms with van der Waals surface area (Å²) in [4.78, 5) is 13.4. The Morgan fingerprint density at radius 1 is 1.50 bits per heavy atom. The third-order valence-corrected chi connectivity index (χ3v) is 4.42. The number of hydrogen-bond donors (Lipinski definition) is 1. The average Bonchev–Trinajstić information content (AvgIpc) is 2.60. The predicted molar refractivity (Wildman–Crippen MR) is 65.1 cm³/mol. The molecular weight excluding hydrogens is 287 g/mol. The number of alkyl halides is 3. The van der Waals surface area contributed by atoms with Gasteiger partial charge in [-0.05, 0) is 11.7 Å². The molecule has 0 unspecified atom stereocenters. The Labute approximate surface area is 110 Å². The Morgan fingerprint density at radius 3 is 2.50 bits per heavy atom. The third-order valence-electron chi connectivity index (χ3n) is 1.81. The molecule has 1 aromatic rings. The Balaban J connectivity index is 2.86. The van der Waals surface area contributed by atoms with E-state index in [1.807, 2.05) is 13.8 Å². The second-order valence-electron chi connectivity index (χ2n) is 4.00. The number of carboxylic acid groups (broad SMARTS) is 1. The molecule has 3 nitrogen and oxygen atoms in total. The van der Waals surface area contributed by atoms with Crippen LogP contribution in [0.25, 0.3) is 0 Å². The molecule has 8 heteroatoms. The molecule has 0 aliphatic heterocycles. The van der Waals surface area contributed by atoms with Crippen LogP contribution in [0, 0.1) is 5.92 Å². The number of aromatic nitrogens is 1. The summed E-state index contributed by atoms with van der Waals surface area (Å²) >= 11 is 2.04. The van der Waals surface area contributed by atoms with Crippen molar-refractivity contribution < 1.29 is 23.1 Å². The monoisotopic (exact) mass is 299 g/mol. The number of halogens is 3. The van der Waals surface area contributed by atoms with E-state index in [1.165, 1.54) is 11.8 Å². The molecule has 0 aliphatic carbocycles. The molecule has 0 saturated carbocycles. The van der Waals surface area contributed by atoms with Crippen LogP contribution >= 0.6 is 23.1 Å². The number of rotatable bonds is 5. The molecule has 0 bridgehead atoms. The van der Waals surface area contributed by atoms with Crippen molar-refractivity contribution in [3.63, 3.8) is 0 Å². The van der Waals surface area contributed by atoms with E-state index in [1.54, 1.807) is 0 Å². The molecule has 0 radical (unpaired) electrons. The highest BCUT2D eigenvalue weighted by molar-refractivity contribution is 7.98. The van der Waals surface area contributed by atoms with Crippen LogP contribution < -0.4 is 0 Å². The molecule has 0 spiro atoms. The summed E-state index contributed by atoms with van der Waals surface area (Å²) in [5.41, 5.74) is -1.29. The zero-order chi connectivity index (χ0) is 13.9. The van der Waals surface area contributed by atoms with E-state index in [-0.39, 0.29) is 5.01 Å². The van der Waals surface area contributed by atoms with Crippen molar-refractivity contribution in [2.45, 2.75) is 25.8 Å². The molecule has 0 aliphatic rings. The van der Waals surface area contributed by atoms with Gasteiger partial charge < -0.3 is 5.11 Å². The van der Waals surface area contributed by atoms with Gasteiger partial charge in [0.1, 0.15) is 9.88 Å². The van der Waals surface area contributed by atoms with Gasteiger partial charge >= 0.3 is 12.1 Å². The third kappa shape index (κ3) is 4.16. The summed E-state index contributed by atoms with van der Waals surface area (Å²) in [6, 6.07) is 0. The second-order valence-corrected chi connectivity index (χ2v) is 6.11. The zero-order valence-corrected chi connectivity index (χ0v) is 11.4. The van der Waals surface area contributed by atoms with Crippen LogP contribution in [-0.2, 0) is 11.9 Å². The van der Waals surface area contributed by atoms with E-state index in [0.717, 1.165) is 5.75 Å². The lowest BCUT2D eigenvalue weighted by Gasteiger charge is -2.03. The fraction of sp³-hybridized carbons (Fsp3) is 0.600. The lowest BCUT2D eigenvalue weighted by atomic mass is 10.3. The molecule has 1 aromatic heterocycles. The number of carboxylic acids is 1. The van der Waals surface area contributed by atoms with E-state index >= 15 is 0 Å². The number of aromatic carboxylic acids is 1. The topological polar surface area (TPSA) is 50.2 Å². The minimum absolute atomic E-state index is 0.199. The van der Waals surface area contributed by atoms with Gasteiger partial charge in [-0.1, -0.05) is 13.8 Å². The Morgan fingerprint density at radius 2 is 2.11 bits per heavy atom. The van der Waals surface area contributed by atoms with Gasteiger partial charge in [0, 0.05) is 5.75 Å². The van der Waals surface area contributed by atoms with Crippen LogP contribution in [-0.4, -0.2) is 21.8 Å². The van der Waals surface area contributed by atoms with E-state index in [4.69, 9.17) is 5.11 Å². The van der Waals surface area contributed by atoms with Gasteiger partial charge in [-0.3, -0.25) is 0 Å². The second kappa shape index (κ2) is 5.92. The van der Waals surface area contributed by atoms with Crippen molar-refractivity contribution in [2.24, 2.45) is 5.92 Å². The van der Waals surface area contributed by atoms with Crippen molar-refractivity contribution in [3.05, 3.63) is 15.6 Å². The number of thioether (sulfide) groups is 1. The number of thiazole rings is 1. The molecule has 0 atom stereocenters. The van der Waals surface area contributed by atoms with E-state index in [2.05, 4.69) is 4.98 Å². The molecule has 0 aromatic carbocycles. The SMILES string of the molecule is CC(C)CSCc1nc(C(F)(F)F)c(C(=O)O)s1. The summed E-state index contributed by atoms with van der Waals surface area (Å²) in [6.07, 6.45) is -4.72. The molecule has 18 heavy (non-hydrogen) atoms. The van der Waals surface area contributed by atoms with E-state index in [0.29, 0.717) is 23.0 Å². The van der Waals surface area contributed by atoms with Crippen LogP contribution in [0.2, 0.25) is 0 Å². The molecule has 1 N–H and O–H groups in total. The van der Waals surface area contributed by atoms with E-state index in [9.17, 15) is 18.0 Å². The van der Waals surface area contributed by atoms with Gasteiger partial charge in [0.05, 0.1) is 0 Å². The van der Waals surface area contributed by atoms with Gasteiger partial charge in [0.15, 0.2) is 5.69 Å². The number of carbonyl (C=O) groups is 1. The fourth-order valence-electron chi connectivity index (χ4n) is 1.15. The lowest BCUT2D eigenvalue weighted by molar-refractivity contribution is -0.141. The molecule has 102 valence electrons. The van der Waals surface area contributed by atoms with E-state index < -0.39 is 22.7 Å². The standard InChI is InChI=1S/C10H12F3NO2S2/c1-5(2)3-17-4-6-14-8(10(11,12)13)7(18-6)9(15)16/h5H,3-4H2,1-2H3,(H,15,16). The first-order valence-corrected chi connectivity index (χ1v) is 7.07. The molecule has 0 saturated heterocycles. The Hall–Kier alpha value is -0.760. The van der Waals surface area contributed by atoms with Crippen LogP contribution in [0.3, 0.4) is 0 Å².